The zero-order valence-corrected chi connectivity index (χ0v) is 10.2. The minimum absolute atomic E-state index is 0.0188. The van der Waals surface area contributed by atoms with E-state index in [-0.39, 0.29) is 11.5 Å². The van der Waals surface area contributed by atoms with Crippen LogP contribution in [0.5, 0.6) is 0 Å². The van der Waals surface area contributed by atoms with Crippen molar-refractivity contribution in [1.29, 1.82) is 10.5 Å². The highest BCUT2D eigenvalue weighted by molar-refractivity contribution is 5.94. The highest BCUT2D eigenvalue weighted by Gasteiger charge is 2.37. The largest absolute Gasteiger partial charge is 0.433 e. The van der Waals surface area contributed by atoms with Crippen molar-refractivity contribution in [2.24, 2.45) is 0 Å². The summed E-state index contributed by atoms with van der Waals surface area (Å²) >= 11 is 0. The van der Waals surface area contributed by atoms with Crippen LogP contribution in [0.25, 0.3) is 0 Å². The van der Waals surface area contributed by atoms with E-state index in [1.165, 1.54) is 43.3 Å². The number of nitrogens with zero attached hydrogens (tertiary/aromatic N) is 2. The molecule has 0 heterocycles. The second kappa shape index (κ2) is 5.89. The molecule has 0 aromatic heterocycles. The maximum absolute atomic E-state index is 12.8. The van der Waals surface area contributed by atoms with Crippen molar-refractivity contribution in [2.45, 2.75) is 13.1 Å². The van der Waals surface area contributed by atoms with Gasteiger partial charge in [0.25, 0.3) is 0 Å². The van der Waals surface area contributed by atoms with Crippen LogP contribution in [0, 0.1) is 22.7 Å². The Balaban J connectivity index is 3.17. The lowest BCUT2D eigenvalue weighted by atomic mass is 10.1. The Morgan fingerprint density at radius 3 is 2.00 bits per heavy atom. The molecule has 0 fully saturated rings. The number of carbonyl (C=O) groups is 1. The van der Waals surface area contributed by atoms with Gasteiger partial charge in [0.2, 0.25) is 0 Å². The standard InChI is InChI=1S/C13H8F3N3O/c1-8(20)9-2-4-11(5-3-9)19-12(13(14,15)16)10(6-17)7-18/h2-5,19H,1H3. The smallest absolute Gasteiger partial charge is 0.350 e. The first-order valence-corrected chi connectivity index (χ1v) is 5.29. The maximum Gasteiger partial charge on any atom is 0.433 e. The zero-order valence-electron chi connectivity index (χ0n) is 10.2. The SMILES string of the molecule is CC(=O)c1ccc(NC(=C(C#N)C#N)C(F)(F)F)cc1. The van der Waals surface area contributed by atoms with Crippen LogP contribution in [0.2, 0.25) is 0 Å². The van der Waals surface area contributed by atoms with Gasteiger partial charge in [0, 0.05) is 11.3 Å². The molecule has 0 radical (unpaired) electrons. The summed E-state index contributed by atoms with van der Waals surface area (Å²) in [5.41, 5.74) is -2.13. The summed E-state index contributed by atoms with van der Waals surface area (Å²) in [4.78, 5) is 11.0. The van der Waals surface area contributed by atoms with E-state index in [0.717, 1.165) is 0 Å². The van der Waals surface area contributed by atoms with Crippen molar-refractivity contribution < 1.29 is 18.0 Å². The van der Waals surface area contributed by atoms with E-state index >= 15 is 0 Å². The van der Waals surface area contributed by atoms with Crippen molar-refractivity contribution in [3.05, 3.63) is 41.1 Å². The van der Waals surface area contributed by atoms with Crippen molar-refractivity contribution in [2.75, 3.05) is 5.32 Å². The maximum atomic E-state index is 12.8. The Hall–Kier alpha value is -2.80. The summed E-state index contributed by atoms with van der Waals surface area (Å²) in [7, 11) is 0. The number of hydrogen-bond acceptors (Lipinski definition) is 4. The fourth-order valence-electron chi connectivity index (χ4n) is 1.34. The van der Waals surface area contributed by atoms with E-state index in [1.54, 1.807) is 0 Å². The Morgan fingerprint density at radius 1 is 1.15 bits per heavy atom. The number of nitrogens with one attached hydrogen (secondary N) is 1. The molecule has 102 valence electrons. The van der Waals surface area contributed by atoms with Gasteiger partial charge in [0.1, 0.15) is 17.8 Å². The molecule has 4 nitrogen and oxygen atoms in total. The van der Waals surface area contributed by atoms with Gasteiger partial charge >= 0.3 is 6.18 Å². The zero-order chi connectivity index (χ0) is 15.3. The molecule has 0 saturated heterocycles. The van der Waals surface area contributed by atoms with Crippen LogP contribution in [-0.4, -0.2) is 12.0 Å². The molecule has 0 spiro atoms. The van der Waals surface area contributed by atoms with Crippen molar-refractivity contribution in [3.63, 3.8) is 0 Å². The normalized spacial score (nSPS) is 10.1. The van der Waals surface area contributed by atoms with Gasteiger partial charge in [-0.1, -0.05) is 0 Å². The van der Waals surface area contributed by atoms with E-state index in [9.17, 15) is 18.0 Å². The highest BCUT2D eigenvalue weighted by atomic mass is 19.4. The molecule has 0 unspecified atom stereocenters. The number of benzene rings is 1. The molecule has 0 atom stereocenters. The van der Waals surface area contributed by atoms with Gasteiger partial charge in [-0.15, -0.1) is 0 Å². The lowest BCUT2D eigenvalue weighted by Gasteiger charge is -2.14. The predicted molar refractivity (Wildman–Crippen MR) is 64.4 cm³/mol. The monoisotopic (exact) mass is 279 g/mol. The number of hydrogen-bond donors (Lipinski definition) is 1. The summed E-state index contributed by atoms with van der Waals surface area (Å²) in [5, 5.41) is 19.1. The topological polar surface area (TPSA) is 76.7 Å². The molecule has 0 aliphatic rings. The van der Waals surface area contributed by atoms with Crippen LogP contribution >= 0.6 is 0 Å². The highest BCUT2D eigenvalue weighted by Crippen LogP contribution is 2.29. The van der Waals surface area contributed by atoms with Gasteiger partial charge < -0.3 is 5.32 Å². The Labute approximate surface area is 112 Å². The molecule has 7 heteroatoms. The number of halogens is 3. The van der Waals surface area contributed by atoms with Crippen LogP contribution in [0.15, 0.2) is 35.5 Å². The summed E-state index contributed by atoms with van der Waals surface area (Å²) in [6.45, 7) is 1.33. The van der Waals surface area contributed by atoms with Crippen molar-refractivity contribution in [3.8, 4) is 12.1 Å². The first-order chi connectivity index (χ1) is 9.29. The molecule has 0 saturated carbocycles. The van der Waals surface area contributed by atoms with E-state index in [2.05, 4.69) is 0 Å². The number of Topliss-reactive ketones (excluding diaryl/α,β-unsaturated/α-hetero) is 1. The molecule has 0 amide bonds. The van der Waals surface area contributed by atoms with Crippen LogP contribution in [0.1, 0.15) is 17.3 Å². The van der Waals surface area contributed by atoms with Gasteiger partial charge in [-0.3, -0.25) is 4.79 Å². The van der Waals surface area contributed by atoms with Gasteiger partial charge in [-0.25, -0.2) is 0 Å². The van der Waals surface area contributed by atoms with Crippen LogP contribution in [-0.2, 0) is 0 Å². The lowest BCUT2D eigenvalue weighted by molar-refractivity contribution is -0.0906. The Morgan fingerprint density at radius 2 is 1.65 bits per heavy atom. The number of ketones is 1. The average molecular weight is 279 g/mol. The summed E-state index contributed by atoms with van der Waals surface area (Å²) in [6.07, 6.45) is -4.86. The molecule has 1 rings (SSSR count). The molecule has 1 aromatic carbocycles. The molecular weight excluding hydrogens is 271 g/mol. The van der Waals surface area contributed by atoms with E-state index < -0.39 is 17.4 Å². The number of allylic oxidation sites excluding steroid dienone is 2. The van der Waals surface area contributed by atoms with Gasteiger partial charge in [-0.05, 0) is 31.2 Å². The first kappa shape index (κ1) is 15.3. The predicted octanol–water partition coefficient (Wildman–Crippen LogP) is 3.16. The van der Waals surface area contributed by atoms with Gasteiger partial charge in [0.15, 0.2) is 11.4 Å². The lowest BCUT2D eigenvalue weighted by Crippen LogP contribution is -2.21. The fraction of sp³-hybridized carbons (Fsp3) is 0.154. The number of alkyl halides is 3. The van der Waals surface area contributed by atoms with Gasteiger partial charge in [0.05, 0.1) is 0 Å². The summed E-state index contributed by atoms with van der Waals surface area (Å²) < 4.78 is 38.3. The van der Waals surface area contributed by atoms with Gasteiger partial charge in [-0.2, -0.15) is 23.7 Å². The van der Waals surface area contributed by atoms with Crippen LogP contribution in [0.4, 0.5) is 18.9 Å². The van der Waals surface area contributed by atoms with Crippen LogP contribution in [0.3, 0.4) is 0 Å². The second-order valence-corrected chi connectivity index (χ2v) is 3.73. The molecule has 0 bridgehead atoms. The fourth-order valence-corrected chi connectivity index (χ4v) is 1.34. The number of rotatable bonds is 3. The van der Waals surface area contributed by atoms with E-state index in [4.69, 9.17) is 10.5 Å². The molecular formula is C13H8F3N3O. The molecule has 0 aliphatic carbocycles. The minimum Gasteiger partial charge on any atom is -0.350 e. The van der Waals surface area contributed by atoms with Crippen molar-refractivity contribution in [1.82, 2.24) is 0 Å². The second-order valence-electron chi connectivity index (χ2n) is 3.73. The number of carbonyl (C=O) groups excluding carboxylic acids is 1. The summed E-state index contributed by atoms with van der Waals surface area (Å²) in [6, 6.07) is 7.59. The third-order valence-corrected chi connectivity index (χ3v) is 2.32. The minimum atomic E-state index is -4.86. The quantitative estimate of drug-likeness (QED) is 0.681. The Bertz CT molecular complexity index is 615. The van der Waals surface area contributed by atoms with Crippen LogP contribution < -0.4 is 5.32 Å². The molecule has 1 N–H and O–H groups in total. The third-order valence-electron chi connectivity index (χ3n) is 2.32. The van der Waals surface area contributed by atoms with Crippen molar-refractivity contribution >= 4 is 11.5 Å². The third kappa shape index (κ3) is 3.59. The number of nitriles is 2. The number of anilines is 1. The Kier molecular flexibility index (Phi) is 4.50. The first-order valence-electron chi connectivity index (χ1n) is 5.29. The molecule has 0 aliphatic heterocycles. The van der Waals surface area contributed by atoms with E-state index in [0.29, 0.717) is 5.56 Å². The van der Waals surface area contributed by atoms with E-state index in [1.807, 2.05) is 5.32 Å². The molecule has 1 aromatic rings. The molecule has 20 heavy (non-hydrogen) atoms. The summed E-state index contributed by atoms with van der Waals surface area (Å²) in [5.74, 6) is -0.224. The average Bonchev–Trinajstić information content (AvgIpc) is 2.38.